The van der Waals surface area contributed by atoms with Crippen LogP contribution in [0.3, 0.4) is 0 Å². The second-order valence-electron chi connectivity index (χ2n) is 7.19. The van der Waals surface area contributed by atoms with Gasteiger partial charge in [0.15, 0.2) is 11.6 Å². The van der Waals surface area contributed by atoms with E-state index in [4.69, 9.17) is 0 Å². The number of halogens is 3. The molecule has 0 spiro atoms. The summed E-state index contributed by atoms with van der Waals surface area (Å²) in [5.74, 6) is -0.466. The molecule has 4 rings (SSSR count). The second kappa shape index (κ2) is 7.75. The fraction of sp³-hybridized carbons (Fsp3) is 0.120. The first-order valence-corrected chi connectivity index (χ1v) is 9.45. The van der Waals surface area contributed by atoms with Crippen molar-refractivity contribution in [2.75, 3.05) is 0 Å². The molecule has 0 radical (unpaired) electrons. The number of allylic oxidation sites excluding steroid dienone is 2. The lowest BCUT2D eigenvalue weighted by molar-refractivity contribution is -0.137. The van der Waals surface area contributed by atoms with E-state index in [-0.39, 0.29) is 24.4 Å². The molecule has 0 saturated carbocycles. The average Bonchev–Trinajstić information content (AvgIpc) is 2.75. The number of hydrogen-bond acceptors (Lipinski definition) is 2. The summed E-state index contributed by atoms with van der Waals surface area (Å²) >= 11 is 0. The van der Waals surface area contributed by atoms with E-state index >= 15 is 0 Å². The molecule has 0 unspecified atom stereocenters. The van der Waals surface area contributed by atoms with Gasteiger partial charge >= 0.3 is 6.18 Å². The van der Waals surface area contributed by atoms with Crippen molar-refractivity contribution in [3.05, 3.63) is 118 Å². The molecule has 0 atom stereocenters. The highest BCUT2D eigenvalue weighted by molar-refractivity contribution is 6.27. The lowest BCUT2D eigenvalue weighted by Gasteiger charge is -2.21. The molecule has 0 bridgehead atoms. The molecule has 0 saturated heterocycles. The topological polar surface area (TPSA) is 34.1 Å². The van der Waals surface area contributed by atoms with Gasteiger partial charge in [0, 0.05) is 35.1 Å². The molecular weight excluding hydrogens is 389 g/mol. The van der Waals surface area contributed by atoms with Crippen molar-refractivity contribution in [1.29, 1.82) is 0 Å². The van der Waals surface area contributed by atoms with Crippen molar-refractivity contribution in [3.8, 4) is 0 Å². The SMILES string of the molecule is O=C1C(Cc2ccccc2)=C(Cc2ccc(C(F)(F)F)cc2)C(=O)c2ccccc21. The maximum atomic E-state index is 13.2. The summed E-state index contributed by atoms with van der Waals surface area (Å²) in [6, 6.07) is 20.7. The van der Waals surface area contributed by atoms with Gasteiger partial charge < -0.3 is 0 Å². The third-order valence-corrected chi connectivity index (χ3v) is 5.21. The zero-order chi connectivity index (χ0) is 21.3. The second-order valence-corrected chi connectivity index (χ2v) is 7.19. The highest BCUT2D eigenvalue weighted by Gasteiger charge is 2.32. The first-order chi connectivity index (χ1) is 14.3. The minimum Gasteiger partial charge on any atom is -0.289 e. The first-order valence-electron chi connectivity index (χ1n) is 9.45. The minimum absolute atomic E-state index is 0.0964. The van der Waals surface area contributed by atoms with Gasteiger partial charge in [-0.3, -0.25) is 9.59 Å². The number of carbonyl (C=O) groups excluding carboxylic acids is 2. The fourth-order valence-corrected chi connectivity index (χ4v) is 3.67. The van der Waals surface area contributed by atoms with Gasteiger partial charge in [-0.05, 0) is 23.3 Å². The molecule has 150 valence electrons. The molecular formula is C25H17F3O2. The Morgan fingerprint density at radius 2 is 1.00 bits per heavy atom. The molecule has 0 aromatic heterocycles. The standard InChI is InChI=1S/C25H17F3O2/c26-25(27,28)18-12-10-17(11-13-18)15-22-21(14-16-6-2-1-3-7-16)23(29)19-8-4-5-9-20(19)24(22)30/h1-13H,14-15H2. The molecule has 0 N–H and O–H groups in total. The number of fused-ring (bicyclic) bond motifs is 1. The quantitative estimate of drug-likeness (QED) is 0.543. The number of Topliss-reactive ketones (excluding diaryl/α,β-unsaturated/α-hetero) is 2. The summed E-state index contributed by atoms with van der Waals surface area (Å²) in [5.41, 5.74) is 2.11. The molecule has 5 heteroatoms. The third-order valence-electron chi connectivity index (χ3n) is 5.21. The molecule has 2 nitrogen and oxygen atoms in total. The van der Waals surface area contributed by atoms with Gasteiger partial charge in [-0.15, -0.1) is 0 Å². The molecule has 30 heavy (non-hydrogen) atoms. The van der Waals surface area contributed by atoms with E-state index in [9.17, 15) is 22.8 Å². The Morgan fingerprint density at radius 3 is 1.47 bits per heavy atom. The van der Waals surface area contributed by atoms with Crippen LogP contribution in [-0.4, -0.2) is 11.6 Å². The van der Waals surface area contributed by atoms with Crippen LogP contribution in [0.1, 0.15) is 37.4 Å². The van der Waals surface area contributed by atoms with Crippen LogP contribution < -0.4 is 0 Å². The average molecular weight is 406 g/mol. The monoisotopic (exact) mass is 406 g/mol. The van der Waals surface area contributed by atoms with E-state index < -0.39 is 11.7 Å². The maximum absolute atomic E-state index is 13.2. The predicted molar refractivity (Wildman–Crippen MR) is 107 cm³/mol. The number of benzene rings is 3. The van der Waals surface area contributed by atoms with Crippen LogP contribution in [0.4, 0.5) is 13.2 Å². The van der Waals surface area contributed by atoms with Crippen LogP contribution in [0.25, 0.3) is 0 Å². The van der Waals surface area contributed by atoms with E-state index in [1.807, 2.05) is 30.3 Å². The zero-order valence-electron chi connectivity index (χ0n) is 15.9. The smallest absolute Gasteiger partial charge is 0.289 e. The number of ketones is 2. The Kier molecular flexibility index (Phi) is 5.12. The van der Waals surface area contributed by atoms with Gasteiger partial charge in [-0.2, -0.15) is 13.2 Å². The molecule has 3 aromatic rings. The highest BCUT2D eigenvalue weighted by atomic mass is 19.4. The highest BCUT2D eigenvalue weighted by Crippen LogP contribution is 2.32. The summed E-state index contributed by atoms with van der Waals surface area (Å²) in [4.78, 5) is 26.4. The third kappa shape index (κ3) is 3.83. The molecule has 1 aliphatic rings. The largest absolute Gasteiger partial charge is 0.416 e. The summed E-state index contributed by atoms with van der Waals surface area (Å²) in [6.45, 7) is 0. The van der Waals surface area contributed by atoms with Crippen LogP contribution in [0.2, 0.25) is 0 Å². The lowest BCUT2D eigenvalue weighted by atomic mass is 9.79. The van der Waals surface area contributed by atoms with Crippen LogP contribution in [0.15, 0.2) is 90.0 Å². The maximum Gasteiger partial charge on any atom is 0.416 e. The van der Waals surface area contributed by atoms with Crippen molar-refractivity contribution >= 4 is 11.6 Å². The van der Waals surface area contributed by atoms with Crippen LogP contribution >= 0.6 is 0 Å². The van der Waals surface area contributed by atoms with Crippen molar-refractivity contribution < 1.29 is 22.8 Å². The van der Waals surface area contributed by atoms with Crippen LogP contribution in [-0.2, 0) is 19.0 Å². The lowest BCUT2D eigenvalue weighted by Crippen LogP contribution is -2.24. The summed E-state index contributed by atoms with van der Waals surface area (Å²) < 4.78 is 38.6. The Balaban J connectivity index is 1.76. The van der Waals surface area contributed by atoms with Crippen molar-refractivity contribution in [3.63, 3.8) is 0 Å². The van der Waals surface area contributed by atoms with E-state index in [1.165, 1.54) is 12.1 Å². The number of alkyl halides is 3. The Bertz CT molecular complexity index is 1140. The van der Waals surface area contributed by atoms with Gasteiger partial charge in [0.1, 0.15) is 0 Å². The Labute approximate surface area is 171 Å². The molecule has 0 heterocycles. The molecule has 1 aliphatic carbocycles. The van der Waals surface area contributed by atoms with E-state index in [0.717, 1.165) is 17.7 Å². The predicted octanol–water partition coefficient (Wildman–Crippen LogP) is 5.87. The van der Waals surface area contributed by atoms with Crippen molar-refractivity contribution in [2.45, 2.75) is 19.0 Å². The normalized spacial score (nSPS) is 14.1. The molecule has 3 aromatic carbocycles. The van der Waals surface area contributed by atoms with Crippen LogP contribution in [0.5, 0.6) is 0 Å². The Hall–Kier alpha value is -3.47. The molecule has 0 amide bonds. The summed E-state index contributed by atoms with van der Waals surface area (Å²) in [6.07, 6.45) is -4.04. The molecule has 0 fully saturated rings. The number of carbonyl (C=O) groups is 2. The van der Waals surface area contributed by atoms with Crippen molar-refractivity contribution in [2.24, 2.45) is 0 Å². The van der Waals surface area contributed by atoms with Gasteiger partial charge in [0.25, 0.3) is 0 Å². The van der Waals surface area contributed by atoms with E-state index in [2.05, 4.69) is 0 Å². The van der Waals surface area contributed by atoms with E-state index in [0.29, 0.717) is 27.8 Å². The first kappa shape index (κ1) is 19.8. The van der Waals surface area contributed by atoms with Gasteiger partial charge in [0.2, 0.25) is 0 Å². The van der Waals surface area contributed by atoms with Crippen LogP contribution in [0, 0.1) is 0 Å². The summed E-state index contributed by atoms with van der Waals surface area (Å²) in [7, 11) is 0. The summed E-state index contributed by atoms with van der Waals surface area (Å²) in [5, 5.41) is 0. The van der Waals surface area contributed by atoms with Crippen molar-refractivity contribution in [1.82, 2.24) is 0 Å². The fourth-order valence-electron chi connectivity index (χ4n) is 3.67. The van der Waals surface area contributed by atoms with Gasteiger partial charge in [-0.25, -0.2) is 0 Å². The number of rotatable bonds is 4. The molecule has 0 aliphatic heterocycles. The minimum atomic E-state index is -4.42. The van der Waals surface area contributed by atoms with Gasteiger partial charge in [0.05, 0.1) is 5.56 Å². The van der Waals surface area contributed by atoms with Gasteiger partial charge in [-0.1, -0.05) is 66.7 Å². The van der Waals surface area contributed by atoms with E-state index in [1.54, 1.807) is 24.3 Å². The zero-order valence-corrected chi connectivity index (χ0v) is 15.9. The number of hydrogen-bond donors (Lipinski definition) is 0. The Morgan fingerprint density at radius 1 is 0.567 bits per heavy atom.